The van der Waals surface area contributed by atoms with Gasteiger partial charge in [0.1, 0.15) is 0 Å². The van der Waals surface area contributed by atoms with E-state index in [2.05, 4.69) is 29.6 Å². The summed E-state index contributed by atoms with van der Waals surface area (Å²) < 4.78 is 1.60. The monoisotopic (exact) mass is 474 g/mol. The van der Waals surface area contributed by atoms with Gasteiger partial charge < -0.3 is 9.88 Å². The zero-order chi connectivity index (χ0) is 23.5. The maximum Gasteiger partial charge on any atom is 0.250 e. The molecule has 0 bridgehead atoms. The molecule has 34 heavy (non-hydrogen) atoms. The summed E-state index contributed by atoms with van der Waals surface area (Å²) >= 11 is 6.06. The van der Waals surface area contributed by atoms with Crippen LogP contribution in [0.3, 0.4) is 0 Å². The van der Waals surface area contributed by atoms with Crippen LogP contribution in [0.1, 0.15) is 61.1 Å². The molecular formula is C29H31ClN2O2. The van der Waals surface area contributed by atoms with E-state index < -0.39 is 0 Å². The molecule has 1 heterocycles. The second-order valence-electron chi connectivity index (χ2n) is 9.91. The molecule has 176 valence electrons. The van der Waals surface area contributed by atoms with E-state index in [1.807, 2.05) is 24.3 Å². The molecule has 2 aliphatic rings. The SMILES string of the molecule is O=C(Nc1cccc(CC2CC2)c1)[C@H](c1ccc(Cn2cc(Cl)ccc2=O)cc1)C1CCCC1. The van der Waals surface area contributed by atoms with Crippen molar-refractivity contribution in [2.24, 2.45) is 11.8 Å². The summed E-state index contributed by atoms with van der Waals surface area (Å²) in [5.74, 6) is 1.08. The maximum absolute atomic E-state index is 13.5. The molecule has 0 aliphatic heterocycles. The first kappa shape index (κ1) is 22.9. The summed E-state index contributed by atoms with van der Waals surface area (Å²) in [5.41, 5.74) is 4.16. The molecule has 0 radical (unpaired) electrons. The summed E-state index contributed by atoms with van der Waals surface area (Å²) in [4.78, 5) is 25.7. The summed E-state index contributed by atoms with van der Waals surface area (Å²) in [6, 6.07) is 19.6. The fourth-order valence-electron chi connectivity index (χ4n) is 5.23. The van der Waals surface area contributed by atoms with Crippen molar-refractivity contribution in [2.75, 3.05) is 5.32 Å². The number of amides is 1. The number of halogens is 1. The van der Waals surface area contributed by atoms with Gasteiger partial charge in [-0.2, -0.15) is 0 Å². The number of anilines is 1. The fourth-order valence-corrected chi connectivity index (χ4v) is 5.41. The van der Waals surface area contributed by atoms with E-state index in [1.54, 1.807) is 16.8 Å². The Balaban J connectivity index is 1.34. The van der Waals surface area contributed by atoms with Gasteiger partial charge in [-0.05, 0) is 78.8 Å². The number of benzene rings is 2. The van der Waals surface area contributed by atoms with Crippen LogP contribution in [-0.4, -0.2) is 10.5 Å². The van der Waals surface area contributed by atoms with Crippen molar-refractivity contribution in [3.05, 3.63) is 98.9 Å². The van der Waals surface area contributed by atoms with Crippen LogP contribution in [0.15, 0.2) is 71.7 Å². The van der Waals surface area contributed by atoms with Gasteiger partial charge in [0.15, 0.2) is 0 Å². The Labute approximate surface area is 206 Å². The first-order chi connectivity index (χ1) is 16.5. The lowest BCUT2D eigenvalue weighted by Gasteiger charge is -2.24. The highest BCUT2D eigenvalue weighted by Gasteiger charge is 2.32. The number of nitrogens with one attached hydrogen (secondary N) is 1. The molecule has 2 saturated carbocycles. The molecule has 1 aromatic heterocycles. The minimum absolute atomic E-state index is 0.0780. The summed E-state index contributed by atoms with van der Waals surface area (Å²) in [6.45, 7) is 0.452. The minimum atomic E-state index is -0.169. The largest absolute Gasteiger partial charge is 0.326 e. The second-order valence-corrected chi connectivity index (χ2v) is 10.4. The lowest BCUT2D eigenvalue weighted by Crippen LogP contribution is -2.26. The molecule has 0 spiro atoms. The molecule has 1 N–H and O–H groups in total. The van der Waals surface area contributed by atoms with Gasteiger partial charge in [0.25, 0.3) is 5.56 Å². The Morgan fingerprint density at radius 1 is 0.971 bits per heavy atom. The molecule has 0 saturated heterocycles. The van der Waals surface area contributed by atoms with Crippen molar-refractivity contribution in [1.29, 1.82) is 0 Å². The number of carbonyl (C=O) groups is 1. The third-order valence-corrected chi connectivity index (χ3v) is 7.43. The highest BCUT2D eigenvalue weighted by molar-refractivity contribution is 6.30. The predicted molar refractivity (Wildman–Crippen MR) is 137 cm³/mol. The molecule has 4 nitrogen and oxygen atoms in total. The number of hydrogen-bond donors (Lipinski definition) is 1. The quantitative estimate of drug-likeness (QED) is 0.409. The van der Waals surface area contributed by atoms with Crippen molar-refractivity contribution in [1.82, 2.24) is 4.57 Å². The van der Waals surface area contributed by atoms with Gasteiger partial charge in [-0.25, -0.2) is 0 Å². The van der Waals surface area contributed by atoms with Gasteiger partial charge in [-0.15, -0.1) is 0 Å². The lowest BCUT2D eigenvalue weighted by molar-refractivity contribution is -0.118. The van der Waals surface area contributed by atoms with Gasteiger partial charge in [-0.3, -0.25) is 9.59 Å². The molecule has 2 aliphatic carbocycles. The summed E-state index contributed by atoms with van der Waals surface area (Å²) in [7, 11) is 0. The van der Waals surface area contributed by atoms with Gasteiger partial charge in [-0.1, -0.05) is 60.8 Å². The average Bonchev–Trinajstić information content (AvgIpc) is 3.48. The first-order valence-electron chi connectivity index (χ1n) is 12.4. The Bertz CT molecular complexity index is 1210. The zero-order valence-electron chi connectivity index (χ0n) is 19.4. The van der Waals surface area contributed by atoms with Crippen LogP contribution in [0.5, 0.6) is 0 Å². The van der Waals surface area contributed by atoms with Crippen LogP contribution in [0.4, 0.5) is 5.69 Å². The first-order valence-corrected chi connectivity index (χ1v) is 12.8. The van der Waals surface area contributed by atoms with Crippen LogP contribution in [-0.2, 0) is 17.8 Å². The molecule has 2 aromatic carbocycles. The summed E-state index contributed by atoms with van der Waals surface area (Å²) in [6.07, 6.45) is 9.93. The van der Waals surface area contributed by atoms with Gasteiger partial charge in [0.2, 0.25) is 5.91 Å². The average molecular weight is 475 g/mol. The number of pyridine rings is 1. The van der Waals surface area contributed by atoms with E-state index in [0.717, 1.165) is 42.0 Å². The van der Waals surface area contributed by atoms with Crippen molar-refractivity contribution in [3.63, 3.8) is 0 Å². The van der Waals surface area contributed by atoms with Crippen molar-refractivity contribution < 1.29 is 4.79 Å². The van der Waals surface area contributed by atoms with E-state index >= 15 is 0 Å². The number of rotatable bonds is 8. The molecule has 5 heteroatoms. The maximum atomic E-state index is 13.5. The molecule has 1 atom stereocenters. The van der Waals surface area contributed by atoms with Crippen LogP contribution in [0.2, 0.25) is 5.02 Å². The Hall–Kier alpha value is -2.85. The van der Waals surface area contributed by atoms with E-state index in [4.69, 9.17) is 11.6 Å². The molecule has 1 amide bonds. The standard InChI is InChI=1S/C29H31ClN2O2/c30-25-14-15-27(33)32(19-25)18-21-10-12-24(13-11-21)28(23-5-1-2-6-23)29(34)31-26-7-3-4-22(17-26)16-20-8-9-20/h3-4,7,10-15,17,19-20,23,28H,1-2,5-6,8-9,16,18H2,(H,31,34)/t28-/m0/s1. The molecule has 3 aromatic rings. The third kappa shape index (κ3) is 5.61. The second kappa shape index (κ2) is 10.2. The molecule has 2 fully saturated rings. The smallest absolute Gasteiger partial charge is 0.250 e. The van der Waals surface area contributed by atoms with Crippen molar-refractivity contribution in [3.8, 4) is 0 Å². The molecule has 0 unspecified atom stereocenters. The zero-order valence-corrected chi connectivity index (χ0v) is 20.1. The third-order valence-electron chi connectivity index (χ3n) is 7.21. The normalized spacial score (nSPS) is 17.0. The number of carbonyl (C=O) groups excluding carboxylic acids is 1. The highest BCUT2D eigenvalue weighted by Crippen LogP contribution is 2.38. The highest BCUT2D eigenvalue weighted by atomic mass is 35.5. The Kier molecular flexibility index (Phi) is 6.87. The van der Waals surface area contributed by atoms with Gasteiger partial charge in [0, 0.05) is 18.0 Å². The van der Waals surface area contributed by atoms with Crippen molar-refractivity contribution in [2.45, 2.75) is 57.4 Å². The van der Waals surface area contributed by atoms with E-state index in [-0.39, 0.29) is 17.4 Å². The van der Waals surface area contributed by atoms with E-state index in [0.29, 0.717) is 17.5 Å². The fraction of sp³-hybridized carbons (Fsp3) is 0.379. The van der Waals surface area contributed by atoms with Crippen molar-refractivity contribution >= 4 is 23.2 Å². The topological polar surface area (TPSA) is 51.1 Å². The molecular weight excluding hydrogens is 444 g/mol. The Morgan fingerprint density at radius 2 is 1.74 bits per heavy atom. The predicted octanol–water partition coefficient (Wildman–Crippen LogP) is 6.42. The number of aromatic nitrogens is 1. The number of nitrogens with zero attached hydrogens (tertiary/aromatic N) is 1. The minimum Gasteiger partial charge on any atom is -0.326 e. The van der Waals surface area contributed by atoms with Crippen LogP contribution < -0.4 is 10.9 Å². The summed E-state index contributed by atoms with van der Waals surface area (Å²) in [5, 5.41) is 3.76. The number of hydrogen-bond acceptors (Lipinski definition) is 2. The lowest BCUT2D eigenvalue weighted by atomic mass is 9.83. The van der Waals surface area contributed by atoms with E-state index in [9.17, 15) is 9.59 Å². The van der Waals surface area contributed by atoms with Gasteiger partial charge in [0.05, 0.1) is 17.5 Å². The van der Waals surface area contributed by atoms with Crippen LogP contribution >= 0.6 is 11.6 Å². The Morgan fingerprint density at radius 3 is 2.47 bits per heavy atom. The van der Waals surface area contributed by atoms with Crippen LogP contribution in [0, 0.1) is 11.8 Å². The molecule has 5 rings (SSSR count). The van der Waals surface area contributed by atoms with Crippen LogP contribution in [0.25, 0.3) is 0 Å². The van der Waals surface area contributed by atoms with Gasteiger partial charge >= 0.3 is 0 Å². The van der Waals surface area contributed by atoms with E-state index in [1.165, 1.54) is 37.3 Å².